The Bertz CT molecular complexity index is 852. The van der Waals surface area contributed by atoms with Crippen LogP contribution in [0.5, 0.6) is 5.75 Å². The van der Waals surface area contributed by atoms with Gasteiger partial charge >= 0.3 is 0 Å². The van der Waals surface area contributed by atoms with Crippen molar-refractivity contribution in [2.45, 2.75) is 26.1 Å². The fourth-order valence-corrected chi connectivity index (χ4v) is 3.77. The van der Waals surface area contributed by atoms with E-state index in [1.807, 2.05) is 18.2 Å². The molecule has 0 spiro atoms. The number of ether oxygens (including phenoxy) is 1. The zero-order valence-corrected chi connectivity index (χ0v) is 16.9. The summed E-state index contributed by atoms with van der Waals surface area (Å²) in [7, 11) is 0. The van der Waals surface area contributed by atoms with Crippen LogP contribution in [0, 0.1) is 0 Å². The lowest BCUT2D eigenvalue weighted by Gasteiger charge is -2.22. The minimum Gasteiger partial charge on any atom is -0.487 e. The Morgan fingerprint density at radius 1 is 0.690 bits per heavy atom. The van der Waals surface area contributed by atoms with Crippen molar-refractivity contribution >= 4 is 0 Å². The molecule has 3 aromatic rings. The van der Waals surface area contributed by atoms with Crippen molar-refractivity contribution in [2.24, 2.45) is 0 Å². The third-order valence-corrected chi connectivity index (χ3v) is 5.37. The van der Waals surface area contributed by atoms with Crippen LogP contribution in [0.15, 0.2) is 79.0 Å². The predicted molar refractivity (Wildman–Crippen MR) is 117 cm³/mol. The maximum absolute atomic E-state index is 5.84. The Kier molecular flexibility index (Phi) is 6.89. The van der Waals surface area contributed by atoms with Gasteiger partial charge in [-0.2, -0.15) is 0 Å². The first-order valence-electron chi connectivity index (χ1n) is 10.5. The molecule has 0 aliphatic carbocycles. The van der Waals surface area contributed by atoms with E-state index in [1.165, 1.54) is 24.1 Å². The van der Waals surface area contributed by atoms with Crippen LogP contribution in [0.2, 0.25) is 0 Å². The van der Waals surface area contributed by atoms with Gasteiger partial charge in [0, 0.05) is 32.4 Å². The lowest BCUT2D eigenvalue weighted by Crippen LogP contribution is -2.30. The molecule has 4 heteroatoms. The van der Waals surface area contributed by atoms with E-state index in [0.717, 1.165) is 44.2 Å². The molecule has 150 valence electrons. The van der Waals surface area contributed by atoms with E-state index in [2.05, 4.69) is 69.4 Å². The molecule has 0 saturated carbocycles. The Morgan fingerprint density at radius 3 is 2.00 bits per heavy atom. The predicted octanol–water partition coefficient (Wildman–Crippen LogP) is 4.37. The fraction of sp³-hybridized carbons (Fsp3) is 0.320. The van der Waals surface area contributed by atoms with Gasteiger partial charge in [0.2, 0.25) is 0 Å². The van der Waals surface area contributed by atoms with Gasteiger partial charge in [0.15, 0.2) is 0 Å². The van der Waals surface area contributed by atoms with Crippen molar-refractivity contribution in [3.05, 3.63) is 95.8 Å². The van der Waals surface area contributed by atoms with Crippen LogP contribution in [0.4, 0.5) is 0 Å². The number of nitrogens with zero attached hydrogens (tertiary/aromatic N) is 3. The zero-order valence-electron chi connectivity index (χ0n) is 16.9. The van der Waals surface area contributed by atoms with Gasteiger partial charge in [-0.15, -0.1) is 0 Å². The smallest absolute Gasteiger partial charge is 0.130 e. The van der Waals surface area contributed by atoms with Crippen LogP contribution in [0.1, 0.15) is 23.2 Å². The molecule has 1 saturated heterocycles. The van der Waals surface area contributed by atoms with Gasteiger partial charge in [-0.3, -0.25) is 14.8 Å². The maximum atomic E-state index is 5.84. The standard InChI is InChI=1S/C25H29N3O/c1-2-7-22(8-3-1)19-27-15-6-16-28(18-17-27)20-23-10-12-25(13-11-23)29-21-24-9-4-5-14-26-24/h1-5,7-14H,6,15-21H2. The van der Waals surface area contributed by atoms with Crippen molar-refractivity contribution in [1.82, 2.24) is 14.8 Å². The highest BCUT2D eigenvalue weighted by molar-refractivity contribution is 5.27. The average molecular weight is 388 g/mol. The molecule has 4 rings (SSSR count). The third-order valence-electron chi connectivity index (χ3n) is 5.37. The molecule has 0 N–H and O–H groups in total. The molecule has 1 fully saturated rings. The van der Waals surface area contributed by atoms with E-state index in [1.54, 1.807) is 6.20 Å². The number of aromatic nitrogens is 1. The van der Waals surface area contributed by atoms with E-state index in [-0.39, 0.29) is 0 Å². The van der Waals surface area contributed by atoms with E-state index < -0.39 is 0 Å². The molecule has 1 aromatic heterocycles. The highest BCUT2D eigenvalue weighted by atomic mass is 16.5. The normalized spacial score (nSPS) is 15.7. The molecule has 0 radical (unpaired) electrons. The minimum atomic E-state index is 0.504. The highest BCUT2D eigenvalue weighted by Crippen LogP contribution is 2.16. The Hall–Kier alpha value is -2.69. The van der Waals surface area contributed by atoms with E-state index >= 15 is 0 Å². The number of benzene rings is 2. The molecule has 0 amide bonds. The van der Waals surface area contributed by atoms with Crippen molar-refractivity contribution in [1.29, 1.82) is 0 Å². The van der Waals surface area contributed by atoms with Crippen LogP contribution in [-0.4, -0.2) is 41.0 Å². The number of hydrogen-bond acceptors (Lipinski definition) is 4. The van der Waals surface area contributed by atoms with Gasteiger partial charge in [0.1, 0.15) is 12.4 Å². The summed E-state index contributed by atoms with van der Waals surface area (Å²) in [5.41, 5.74) is 3.69. The molecule has 29 heavy (non-hydrogen) atoms. The molecule has 1 aliphatic rings. The van der Waals surface area contributed by atoms with Crippen LogP contribution >= 0.6 is 0 Å². The summed E-state index contributed by atoms with van der Waals surface area (Å²) in [6, 6.07) is 25.2. The summed E-state index contributed by atoms with van der Waals surface area (Å²) in [5, 5.41) is 0. The summed E-state index contributed by atoms with van der Waals surface area (Å²) < 4.78 is 5.84. The Balaban J connectivity index is 1.25. The first-order valence-corrected chi connectivity index (χ1v) is 10.5. The topological polar surface area (TPSA) is 28.6 Å². The number of pyridine rings is 1. The second-order valence-corrected chi connectivity index (χ2v) is 7.65. The van der Waals surface area contributed by atoms with E-state index in [9.17, 15) is 0 Å². The van der Waals surface area contributed by atoms with Crippen LogP contribution in [0.25, 0.3) is 0 Å². The zero-order chi connectivity index (χ0) is 19.7. The highest BCUT2D eigenvalue weighted by Gasteiger charge is 2.15. The molecule has 4 nitrogen and oxygen atoms in total. The van der Waals surface area contributed by atoms with Crippen molar-refractivity contribution in [3.63, 3.8) is 0 Å². The molecular weight excluding hydrogens is 358 g/mol. The lowest BCUT2D eigenvalue weighted by molar-refractivity contribution is 0.247. The number of rotatable bonds is 7. The maximum Gasteiger partial charge on any atom is 0.130 e. The lowest BCUT2D eigenvalue weighted by atomic mass is 10.2. The SMILES string of the molecule is c1ccc(CN2CCCN(Cc3ccc(OCc4ccccn4)cc3)CC2)cc1. The number of hydrogen-bond donors (Lipinski definition) is 0. The first-order chi connectivity index (χ1) is 14.3. The summed E-state index contributed by atoms with van der Waals surface area (Å²) >= 11 is 0. The summed E-state index contributed by atoms with van der Waals surface area (Å²) in [6.45, 7) is 7.13. The molecule has 1 aliphatic heterocycles. The summed E-state index contributed by atoms with van der Waals surface area (Å²) in [4.78, 5) is 9.43. The van der Waals surface area contributed by atoms with Crippen molar-refractivity contribution in [3.8, 4) is 5.75 Å². The third kappa shape index (κ3) is 6.14. The largest absolute Gasteiger partial charge is 0.487 e. The summed E-state index contributed by atoms with van der Waals surface area (Å²) in [6.07, 6.45) is 3.02. The molecule has 2 heterocycles. The minimum absolute atomic E-state index is 0.504. The molecule has 0 unspecified atom stereocenters. The van der Waals surface area contributed by atoms with Gasteiger partial charge in [-0.25, -0.2) is 0 Å². The second-order valence-electron chi connectivity index (χ2n) is 7.65. The first kappa shape index (κ1) is 19.6. The van der Waals surface area contributed by atoms with Crippen molar-refractivity contribution < 1.29 is 4.74 Å². The molecule has 0 atom stereocenters. The quantitative estimate of drug-likeness (QED) is 0.602. The second kappa shape index (κ2) is 10.2. The van der Waals surface area contributed by atoms with Gasteiger partial charge in [0.05, 0.1) is 5.69 Å². The monoisotopic (exact) mass is 387 g/mol. The van der Waals surface area contributed by atoms with E-state index in [4.69, 9.17) is 4.74 Å². The molecule has 0 bridgehead atoms. The van der Waals surface area contributed by atoms with Gasteiger partial charge in [-0.05, 0) is 54.9 Å². The Labute approximate surface area is 173 Å². The van der Waals surface area contributed by atoms with Crippen LogP contribution in [-0.2, 0) is 19.7 Å². The van der Waals surface area contributed by atoms with E-state index in [0.29, 0.717) is 6.61 Å². The van der Waals surface area contributed by atoms with Gasteiger partial charge in [0.25, 0.3) is 0 Å². The molecule has 2 aromatic carbocycles. The average Bonchev–Trinajstić information content (AvgIpc) is 3.00. The van der Waals surface area contributed by atoms with Crippen LogP contribution < -0.4 is 4.74 Å². The summed E-state index contributed by atoms with van der Waals surface area (Å²) in [5.74, 6) is 0.893. The van der Waals surface area contributed by atoms with Crippen LogP contribution in [0.3, 0.4) is 0 Å². The van der Waals surface area contributed by atoms with Crippen molar-refractivity contribution in [2.75, 3.05) is 26.2 Å². The Morgan fingerprint density at radius 2 is 1.34 bits per heavy atom. The van der Waals surface area contributed by atoms with Gasteiger partial charge in [-0.1, -0.05) is 48.5 Å². The fourth-order valence-electron chi connectivity index (χ4n) is 3.77. The van der Waals surface area contributed by atoms with Gasteiger partial charge < -0.3 is 4.74 Å². The molecular formula is C25H29N3O.